The van der Waals surface area contributed by atoms with Crippen molar-refractivity contribution in [3.05, 3.63) is 63.6 Å². The lowest BCUT2D eigenvalue weighted by atomic mass is 9.68. The van der Waals surface area contributed by atoms with Crippen LogP contribution < -0.4 is 5.14 Å². The van der Waals surface area contributed by atoms with Gasteiger partial charge in [0.25, 0.3) is 5.91 Å². The third-order valence-electron chi connectivity index (χ3n) is 6.27. The number of carboxylic acid groups (broad SMARTS) is 1. The average molecular weight is 498 g/mol. The van der Waals surface area contributed by atoms with Crippen molar-refractivity contribution in [3.8, 4) is 0 Å². The zero-order valence-corrected chi connectivity index (χ0v) is 19.2. The summed E-state index contributed by atoms with van der Waals surface area (Å²) in [6.07, 6.45) is 0.135. The topological polar surface area (TPSA) is 121 Å². The van der Waals surface area contributed by atoms with E-state index >= 15 is 0 Å². The third-order valence-corrected chi connectivity index (χ3v) is 7.63. The van der Waals surface area contributed by atoms with Crippen molar-refractivity contribution in [3.63, 3.8) is 0 Å². The lowest BCUT2D eigenvalue weighted by molar-refractivity contribution is -0.0447. The molecule has 2 atom stereocenters. The summed E-state index contributed by atoms with van der Waals surface area (Å²) >= 11 is 12.3. The molecule has 2 heterocycles. The zero-order chi connectivity index (χ0) is 23.3. The molecule has 8 nitrogen and oxygen atoms in total. The highest BCUT2D eigenvalue weighted by molar-refractivity contribution is 7.89. The van der Waals surface area contributed by atoms with Crippen molar-refractivity contribution in [1.82, 2.24) is 9.80 Å². The summed E-state index contributed by atoms with van der Waals surface area (Å²) in [6.45, 7) is 1.16. The third kappa shape index (κ3) is 4.30. The fourth-order valence-corrected chi connectivity index (χ4v) is 5.76. The van der Waals surface area contributed by atoms with Crippen molar-refractivity contribution >= 4 is 45.2 Å². The van der Waals surface area contributed by atoms with Gasteiger partial charge in [0.15, 0.2) is 0 Å². The van der Waals surface area contributed by atoms with Gasteiger partial charge in [0.05, 0.1) is 4.90 Å². The van der Waals surface area contributed by atoms with Gasteiger partial charge in [-0.2, -0.15) is 0 Å². The van der Waals surface area contributed by atoms with Gasteiger partial charge in [-0.05, 0) is 60.9 Å². The molecule has 2 aliphatic heterocycles. The van der Waals surface area contributed by atoms with E-state index in [0.29, 0.717) is 48.1 Å². The number of nitrogens with two attached hydrogens (primary N) is 1. The van der Waals surface area contributed by atoms with E-state index in [9.17, 15) is 23.1 Å². The van der Waals surface area contributed by atoms with Crippen LogP contribution in [0.4, 0.5) is 4.79 Å². The fourth-order valence-electron chi connectivity index (χ4n) is 4.68. The van der Waals surface area contributed by atoms with Gasteiger partial charge in [0.2, 0.25) is 10.0 Å². The molecule has 0 aliphatic carbocycles. The summed E-state index contributed by atoms with van der Waals surface area (Å²) in [6, 6.07) is 10.4. The predicted molar refractivity (Wildman–Crippen MR) is 119 cm³/mol. The minimum atomic E-state index is -3.86. The highest BCUT2D eigenvalue weighted by Gasteiger charge is 2.57. The Morgan fingerprint density at radius 2 is 1.72 bits per heavy atom. The molecule has 2 aliphatic rings. The van der Waals surface area contributed by atoms with Gasteiger partial charge in [-0.25, -0.2) is 18.4 Å². The van der Waals surface area contributed by atoms with Crippen LogP contribution in [0.3, 0.4) is 0 Å². The number of hydrogen-bond acceptors (Lipinski definition) is 4. The Balaban J connectivity index is 1.62. The van der Waals surface area contributed by atoms with Gasteiger partial charge in [0.1, 0.15) is 0 Å². The first-order chi connectivity index (χ1) is 15.0. The quantitative estimate of drug-likeness (QED) is 0.671. The van der Waals surface area contributed by atoms with Gasteiger partial charge in [-0.3, -0.25) is 4.79 Å². The van der Waals surface area contributed by atoms with Crippen LogP contribution in [0.5, 0.6) is 0 Å². The molecule has 2 unspecified atom stereocenters. The van der Waals surface area contributed by atoms with Gasteiger partial charge in [-0.15, -0.1) is 0 Å². The van der Waals surface area contributed by atoms with Crippen molar-refractivity contribution in [2.75, 3.05) is 19.6 Å². The summed E-state index contributed by atoms with van der Waals surface area (Å²) < 4.78 is 23.0. The van der Waals surface area contributed by atoms with E-state index < -0.39 is 16.1 Å². The Kier molecular flexibility index (Phi) is 5.87. The second-order valence-corrected chi connectivity index (χ2v) is 10.8. The molecule has 2 amide bonds. The van der Waals surface area contributed by atoms with E-state index in [1.807, 2.05) is 0 Å². The predicted octanol–water partition coefficient (Wildman–Crippen LogP) is 3.08. The number of sulfonamides is 1. The second kappa shape index (κ2) is 8.22. The molecule has 0 aromatic heterocycles. The van der Waals surface area contributed by atoms with Crippen LogP contribution in [0, 0.1) is 5.41 Å². The Hall–Kier alpha value is -2.33. The fraction of sp³-hybridized carbons (Fsp3) is 0.333. The van der Waals surface area contributed by atoms with Crippen LogP contribution in [0.1, 0.15) is 22.3 Å². The molecular formula is C21H21Cl2N3O5S. The number of primary sulfonamides is 1. The molecular weight excluding hydrogens is 477 g/mol. The first kappa shape index (κ1) is 22.8. The Bertz CT molecular complexity index is 1170. The molecule has 2 fully saturated rings. The highest BCUT2D eigenvalue weighted by atomic mass is 35.5. The van der Waals surface area contributed by atoms with E-state index in [4.69, 9.17) is 28.3 Å². The minimum Gasteiger partial charge on any atom is -0.465 e. The number of likely N-dealkylation sites (tertiary alicyclic amines) is 2. The van der Waals surface area contributed by atoms with Crippen molar-refractivity contribution in [2.24, 2.45) is 10.6 Å². The van der Waals surface area contributed by atoms with E-state index in [0.717, 1.165) is 5.56 Å². The molecule has 2 aromatic rings. The molecule has 2 aromatic carbocycles. The summed E-state index contributed by atoms with van der Waals surface area (Å²) in [4.78, 5) is 27.7. The lowest BCUT2D eigenvalue weighted by Gasteiger charge is -2.56. The number of nitrogens with zero attached hydrogens (tertiary/aromatic N) is 2. The van der Waals surface area contributed by atoms with Crippen LogP contribution in [0.25, 0.3) is 0 Å². The average Bonchev–Trinajstić information content (AvgIpc) is 3.17. The summed E-state index contributed by atoms with van der Waals surface area (Å²) in [5, 5.41) is 15.5. The maximum absolute atomic E-state index is 13.2. The smallest absolute Gasteiger partial charge is 0.407 e. The number of halogens is 2. The summed E-state index contributed by atoms with van der Waals surface area (Å²) in [5.41, 5.74) is 0.820. The van der Waals surface area contributed by atoms with Crippen LogP contribution in [-0.4, -0.2) is 61.0 Å². The molecule has 0 saturated carbocycles. The summed E-state index contributed by atoms with van der Waals surface area (Å²) in [7, 11) is -3.86. The van der Waals surface area contributed by atoms with Gasteiger partial charge < -0.3 is 14.9 Å². The maximum Gasteiger partial charge on any atom is 0.407 e. The van der Waals surface area contributed by atoms with Crippen molar-refractivity contribution < 1.29 is 23.1 Å². The molecule has 32 heavy (non-hydrogen) atoms. The molecule has 3 N–H and O–H groups in total. The monoisotopic (exact) mass is 497 g/mol. The number of amides is 2. The van der Waals surface area contributed by atoms with Crippen LogP contribution in [0.15, 0.2) is 47.4 Å². The standard InChI is InChI=1S/C21H21Cl2N3O5S/c22-15-7-13(8-16(23)10-15)9-18-21(5-6-25(11-21)20(28)29)12-26(18)19(27)14-1-3-17(4-2-14)32(24,30)31/h1-4,7-8,10,18H,5-6,9,11-12H2,(H,28,29)(H2,24,30,31). The Labute approximate surface area is 195 Å². The van der Waals surface area contributed by atoms with E-state index in [-0.39, 0.29) is 22.3 Å². The molecule has 0 radical (unpaired) electrons. The summed E-state index contributed by atoms with van der Waals surface area (Å²) in [5.74, 6) is -0.261. The first-order valence-electron chi connectivity index (χ1n) is 9.85. The van der Waals surface area contributed by atoms with Crippen LogP contribution >= 0.6 is 23.2 Å². The normalized spacial score (nSPS) is 22.8. The minimum absolute atomic E-state index is 0.0767. The number of carbonyl (C=O) groups excluding carboxylic acids is 1. The van der Waals surface area contributed by atoms with E-state index in [1.54, 1.807) is 23.1 Å². The maximum atomic E-state index is 13.2. The number of carbonyl (C=O) groups is 2. The number of hydrogen-bond donors (Lipinski definition) is 2. The first-order valence-corrected chi connectivity index (χ1v) is 12.2. The SMILES string of the molecule is NS(=O)(=O)c1ccc(C(=O)N2CC3(CCN(C(=O)O)C3)C2Cc2cc(Cl)cc(Cl)c2)cc1. The number of benzene rings is 2. The van der Waals surface area contributed by atoms with Gasteiger partial charge >= 0.3 is 6.09 Å². The molecule has 1 spiro atoms. The molecule has 170 valence electrons. The lowest BCUT2D eigenvalue weighted by Crippen LogP contribution is -2.68. The highest BCUT2D eigenvalue weighted by Crippen LogP contribution is 2.47. The Morgan fingerprint density at radius 1 is 1.09 bits per heavy atom. The van der Waals surface area contributed by atoms with Gasteiger partial charge in [-0.1, -0.05) is 23.2 Å². The molecule has 11 heteroatoms. The van der Waals surface area contributed by atoms with Crippen molar-refractivity contribution in [1.29, 1.82) is 0 Å². The molecule has 0 bridgehead atoms. The van der Waals surface area contributed by atoms with Crippen LogP contribution in [0.2, 0.25) is 10.0 Å². The zero-order valence-electron chi connectivity index (χ0n) is 16.9. The van der Waals surface area contributed by atoms with Gasteiger partial charge in [0, 0.05) is 46.7 Å². The largest absolute Gasteiger partial charge is 0.465 e. The van der Waals surface area contributed by atoms with E-state index in [2.05, 4.69) is 0 Å². The molecule has 4 rings (SSSR count). The Morgan fingerprint density at radius 3 is 2.25 bits per heavy atom. The second-order valence-electron chi connectivity index (χ2n) is 8.32. The van der Waals surface area contributed by atoms with Crippen LogP contribution in [-0.2, 0) is 16.4 Å². The number of rotatable bonds is 4. The van der Waals surface area contributed by atoms with E-state index in [1.165, 1.54) is 29.2 Å². The van der Waals surface area contributed by atoms with Crippen molar-refractivity contribution in [2.45, 2.75) is 23.8 Å². The molecule has 2 saturated heterocycles.